The summed E-state index contributed by atoms with van der Waals surface area (Å²) < 4.78 is 81.1. The lowest BCUT2D eigenvalue weighted by molar-refractivity contribution is -0.174. The highest BCUT2D eigenvalue weighted by Gasteiger charge is 2.51. The Morgan fingerprint density at radius 3 is 2.00 bits per heavy atom. The number of rotatable bonds is 20. The van der Waals surface area contributed by atoms with Crippen molar-refractivity contribution >= 4 is 14.2 Å². The number of nitrogens with zero attached hydrogens (tertiary/aromatic N) is 3. The quantitative estimate of drug-likeness (QED) is 0.0561. The first-order valence-electron chi connectivity index (χ1n) is 20.1. The van der Waals surface area contributed by atoms with Crippen molar-refractivity contribution in [1.82, 2.24) is 19.5 Å². The van der Waals surface area contributed by atoms with Gasteiger partial charge in [0, 0.05) is 43.0 Å². The van der Waals surface area contributed by atoms with Crippen molar-refractivity contribution in [3.8, 4) is 17.6 Å². The van der Waals surface area contributed by atoms with Crippen LogP contribution in [0.3, 0.4) is 0 Å². The predicted molar refractivity (Wildman–Crippen MR) is 226 cm³/mol. The maximum absolute atomic E-state index is 13.6. The summed E-state index contributed by atoms with van der Waals surface area (Å²) in [5.74, 6) is -0.926. The molecule has 1 aromatic heterocycles. The summed E-state index contributed by atoms with van der Waals surface area (Å²) in [4.78, 5) is 40.1. The number of hydrogen-bond acceptors (Lipinski definition) is 11. The summed E-state index contributed by atoms with van der Waals surface area (Å²) in [7, 11) is 1.53. The Bertz CT molecular complexity index is 2180. The second-order valence-corrected chi connectivity index (χ2v) is 16.9. The molecule has 0 bridgehead atoms. The average Bonchev–Trinajstić information content (AvgIpc) is 3.58. The van der Waals surface area contributed by atoms with Crippen LogP contribution in [0.2, 0.25) is 0 Å². The standard InChI is InChI=1S/C44H53F3N5O9P/c1-28(2)52(29(3)4)62(25-11-22-48)61-37-36(60-40(51-26-30(5)39(53)50-42(51)55)38(37)58-24-23-49-41(54)44(45,46)47)27-59-43(31-12-9-8-10-13-31,32-14-18-34(56-6)19-15-32)33-16-20-35(57-7)21-17-33/h8-10,12-21,26,28-29,36-38,40H,11,23-25,27H2,1-7H3,(H,49,54)(H,50,53,55)/t36-,37-,38-,40-,62?/m1/s1. The van der Waals surface area contributed by atoms with Crippen LogP contribution in [0.25, 0.3) is 0 Å². The van der Waals surface area contributed by atoms with Crippen molar-refractivity contribution < 1.29 is 46.2 Å². The predicted octanol–water partition coefficient (Wildman–Crippen LogP) is 6.56. The van der Waals surface area contributed by atoms with Crippen LogP contribution in [0.1, 0.15) is 62.6 Å². The molecule has 334 valence electrons. The minimum absolute atomic E-state index is 0.0510. The number of nitrogens with one attached hydrogen (secondary N) is 2. The first-order valence-corrected chi connectivity index (χ1v) is 21.5. The van der Waals surface area contributed by atoms with Gasteiger partial charge in [-0.15, -0.1) is 0 Å². The zero-order valence-corrected chi connectivity index (χ0v) is 36.6. The molecule has 3 aromatic carbocycles. The molecule has 4 aromatic rings. The maximum Gasteiger partial charge on any atom is 0.471 e. The van der Waals surface area contributed by atoms with E-state index in [1.54, 1.807) is 14.2 Å². The normalized spacial score (nSPS) is 18.5. The van der Waals surface area contributed by atoms with E-state index in [1.165, 1.54) is 13.1 Å². The number of halogens is 3. The van der Waals surface area contributed by atoms with Gasteiger partial charge in [-0.1, -0.05) is 54.6 Å². The topological polar surface area (TPSA) is 166 Å². The third-order valence-corrected chi connectivity index (χ3v) is 12.8. The molecular formula is C44H53F3N5O9P. The Balaban J connectivity index is 1.68. The third kappa shape index (κ3) is 11.1. The van der Waals surface area contributed by atoms with E-state index in [1.807, 2.05) is 112 Å². The van der Waals surface area contributed by atoms with E-state index in [-0.39, 0.29) is 30.7 Å². The summed E-state index contributed by atoms with van der Waals surface area (Å²) in [6, 6.07) is 26.4. The van der Waals surface area contributed by atoms with Crippen LogP contribution in [-0.4, -0.2) is 96.8 Å². The molecular weight excluding hydrogens is 830 g/mol. The van der Waals surface area contributed by atoms with Crippen molar-refractivity contribution in [3.63, 3.8) is 0 Å². The summed E-state index contributed by atoms with van der Waals surface area (Å²) in [5.41, 5.74) is -0.453. The fraction of sp³-hybridized carbons (Fsp3) is 0.455. The molecule has 1 aliphatic rings. The van der Waals surface area contributed by atoms with E-state index in [0.717, 1.165) is 10.1 Å². The SMILES string of the molecule is COc1ccc(C(OC[C@H]2O[C@@H](n3cc(C)c(=O)[nH]c3=O)[C@H](OCCNC(=O)C(F)(F)F)[C@@H]2OP(CCC#N)N(C(C)C)C(C)C)(c2ccccc2)c2ccc(OC)cc2)cc1. The van der Waals surface area contributed by atoms with Gasteiger partial charge in [-0.3, -0.25) is 23.8 Å². The molecule has 5 rings (SSSR count). The molecule has 0 radical (unpaired) electrons. The fourth-order valence-electron chi connectivity index (χ4n) is 7.51. The smallest absolute Gasteiger partial charge is 0.471 e. The fourth-order valence-corrected chi connectivity index (χ4v) is 9.81. The monoisotopic (exact) mass is 883 g/mol. The van der Waals surface area contributed by atoms with Crippen LogP contribution < -0.4 is 26.0 Å². The van der Waals surface area contributed by atoms with E-state index >= 15 is 0 Å². The van der Waals surface area contributed by atoms with E-state index in [0.29, 0.717) is 28.8 Å². The second kappa shape index (κ2) is 21.3. The Morgan fingerprint density at radius 2 is 1.48 bits per heavy atom. The minimum atomic E-state index is -5.12. The van der Waals surface area contributed by atoms with Gasteiger partial charge in [0.2, 0.25) is 0 Å². The van der Waals surface area contributed by atoms with Gasteiger partial charge in [0.1, 0.15) is 43.7 Å². The molecule has 14 nitrogen and oxygen atoms in total. The number of aromatic nitrogens is 2. The highest BCUT2D eigenvalue weighted by molar-refractivity contribution is 7.50. The molecule has 0 spiro atoms. The molecule has 1 amide bonds. The van der Waals surface area contributed by atoms with E-state index in [9.17, 15) is 32.8 Å². The van der Waals surface area contributed by atoms with E-state index in [2.05, 4.69) is 15.7 Å². The summed E-state index contributed by atoms with van der Waals surface area (Å²) in [6.07, 6.45) is -8.05. The van der Waals surface area contributed by atoms with Crippen molar-refractivity contribution in [3.05, 3.63) is 128 Å². The van der Waals surface area contributed by atoms with Gasteiger partial charge < -0.3 is 33.5 Å². The lowest BCUT2D eigenvalue weighted by Crippen LogP contribution is -2.45. The summed E-state index contributed by atoms with van der Waals surface area (Å²) in [5, 5.41) is 11.6. The number of aromatic amines is 1. The first kappa shape index (κ1) is 48.0. The number of benzene rings is 3. The Morgan fingerprint density at radius 1 is 0.919 bits per heavy atom. The highest BCUT2D eigenvalue weighted by atomic mass is 31.2. The molecule has 1 saturated heterocycles. The van der Waals surface area contributed by atoms with Gasteiger partial charge in [0.15, 0.2) is 6.23 Å². The van der Waals surface area contributed by atoms with Gasteiger partial charge >= 0.3 is 17.8 Å². The lowest BCUT2D eigenvalue weighted by atomic mass is 9.80. The molecule has 1 fully saturated rings. The van der Waals surface area contributed by atoms with Crippen LogP contribution in [0, 0.1) is 18.3 Å². The van der Waals surface area contributed by atoms with Crippen LogP contribution in [0.4, 0.5) is 13.2 Å². The summed E-state index contributed by atoms with van der Waals surface area (Å²) in [6.45, 7) is 8.28. The number of ether oxygens (including phenoxy) is 5. The number of methoxy groups -OCH3 is 2. The number of carbonyl (C=O) groups excluding carboxylic acids is 1. The Labute approximate surface area is 359 Å². The van der Waals surface area contributed by atoms with Gasteiger partial charge in [-0.05, 0) is 75.6 Å². The molecule has 1 unspecified atom stereocenters. The number of amides is 1. The highest BCUT2D eigenvalue weighted by Crippen LogP contribution is 2.51. The van der Waals surface area contributed by atoms with Crippen LogP contribution in [0.5, 0.6) is 11.5 Å². The van der Waals surface area contributed by atoms with Gasteiger partial charge in [-0.2, -0.15) is 18.4 Å². The first-order chi connectivity index (χ1) is 29.5. The largest absolute Gasteiger partial charge is 0.497 e. The molecule has 2 heterocycles. The lowest BCUT2D eigenvalue weighted by Gasteiger charge is -2.40. The molecule has 62 heavy (non-hydrogen) atoms. The summed E-state index contributed by atoms with van der Waals surface area (Å²) >= 11 is 0. The van der Waals surface area contributed by atoms with Crippen LogP contribution in [-0.2, 0) is 29.1 Å². The van der Waals surface area contributed by atoms with Gasteiger partial charge in [0.25, 0.3) is 5.56 Å². The Kier molecular flexibility index (Phi) is 16.5. The van der Waals surface area contributed by atoms with Crippen LogP contribution in [0.15, 0.2) is 94.6 Å². The molecule has 0 saturated carbocycles. The zero-order valence-electron chi connectivity index (χ0n) is 35.7. The van der Waals surface area contributed by atoms with E-state index in [4.69, 9.17) is 28.2 Å². The van der Waals surface area contributed by atoms with Crippen LogP contribution >= 0.6 is 8.30 Å². The number of H-pyrrole nitrogens is 1. The Hall–Kier alpha value is -5.08. The number of aryl methyl sites for hydroxylation is 1. The number of carbonyl (C=O) groups is 1. The molecule has 18 heteroatoms. The average molecular weight is 884 g/mol. The van der Waals surface area contributed by atoms with Crippen molar-refractivity contribution in [2.45, 2.75) is 89.4 Å². The van der Waals surface area contributed by atoms with Crippen molar-refractivity contribution in [2.75, 3.05) is 40.1 Å². The molecule has 0 aliphatic carbocycles. The molecule has 1 aliphatic heterocycles. The maximum atomic E-state index is 13.6. The third-order valence-electron chi connectivity index (χ3n) is 10.3. The van der Waals surface area contributed by atoms with Gasteiger partial charge in [-0.25, -0.2) is 4.79 Å². The molecule has 5 atom stereocenters. The minimum Gasteiger partial charge on any atom is -0.497 e. The number of nitriles is 1. The van der Waals surface area contributed by atoms with Crippen molar-refractivity contribution in [1.29, 1.82) is 5.26 Å². The number of hydrogen-bond donors (Lipinski definition) is 2. The molecule has 2 N–H and O–H groups in total. The number of alkyl halides is 3. The zero-order chi connectivity index (χ0) is 45.2. The van der Waals surface area contributed by atoms with Gasteiger partial charge in [0.05, 0.1) is 33.5 Å². The second-order valence-electron chi connectivity index (χ2n) is 15.1. The van der Waals surface area contributed by atoms with E-state index < -0.39 is 74.9 Å². The van der Waals surface area contributed by atoms with Crippen molar-refractivity contribution in [2.24, 2.45) is 0 Å².